The maximum Gasteiger partial charge on any atom is 0.329 e. The first-order valence-electron chi connectivity index (χ1n) is 10.2. The maximum absolute atomic E-state index is 12.8. The molecule has 1 N–H and O–H groups in total. The van der Waals surface area contributed by atoms with Crippen LogP contribution in [0.15, 0.2) is 29.1 Å². The zero-order valence-electron chi connectivity index (χ0n) is 16.3. The molecule has 2 aromatic rings. The molecule has 2 fully saturated rings. The van der Waals surface area contributed by atoms with Gasteiger partial charge in [0.15, 0.2) is 0 Å². The van der Waals surface area contributed by atoms with Gasteiger partial charge in [-0.1, -0.05) is 25.5 Å². The van der Waals surface area contributed by atoms with Crippen molar-refractivity contribution in [1.29, 1.82) is 0 Å². The number of hydrogen-bond acceptors (Lipinski definition) is 3. The van der Waals surface area contributed by atoms with Crippen molar-refractivity contribution in [3.05, 3.63) is 34.7 Å². The van der Waals surface area contributed by atoms with Gasteiger partial charge in [-0.3, -0.25) is 18.7 Å². The average Bonchev–Trinajstić information content (AvgIpc) is 3.31. The van der Waals surface area contributed by atoms with Crippen molar-refractivity contribution >= 4 is 22.9 Å². The minimum Gasteiger partial charge on any atom is -0.481 e. The van der Waals surface area contributed by atoms with Crippen LogP contribution in [0.4, 0.5) is 0 Å². The van der Waals surface area contributed by atoms with Crippen LogP contribution in [0.3, 0.4) is 0 Å². The fourth-order valence-corrected chi connectivity index (χ4v) is 5.12. The molecule has 1 aromatic carbocycles. The number of fused-ring (bicyclic) bond motifs is 2. The number of likely N-dealkylation sites (tertiary alicyclic amines) is 1. The molecule has 28 heavy (non-hydrogen) atoms. The minimum atomic E-state index is -0.774. The van der Waals surface area contributed by atoms with Crippen LogP contribution in [0.25, 0.3) is 11.0 Å². The van der Waals surface area contributed by atoms with E-state index in [1.54, 1.807) is 14.0 Å². The van der Waals surface area contributed by atoms with Crippen LogP contribution in [-0.2, 0) is 22.7 Å². The Morgan fingerprint density at radius 3 is 2.46 bits per heavy atom. The van der Waals surface area contributed by atoms with Crippen LogP contribution >= 0.6 is 0 Å². The topological polar surface area (TPSA) is 84.5 Å². The van der Waals surface area contributed by atoms with Gasteiger partial charge >= 0.3 is 11.7 Å². The van der Waals surface area contributed by atoms with Crippen LogP contribution in [0, 0.1) is 11.3 Å². The van der Waals surface area contributed by atoms with Crippen molar-refractivity contribution in [3.63, 3.8) is 0 Å². The van der Waals surface area contributed by atoms with Gasteiger partial charge in [0.1, 0.15) is 0 Å². The van der Waals surface area contributed by atoms with E-state index in [4.69, 9.17) is 0 Å². The summed E-state index contributed by atoms with van der Waals surface area (Å²) in [6.45, 7) is 3.83. The molecule has 1 aliphatic carbocycles. The summed E-state index contributed by atoms with van der Waals surface area (Å²) in [6.07, 6.45) is 3.52. The molecular weight excluding hydrogens is 358 g/mol. The Hall–Kier alpha value is -2.57. The van der Waals surface area contributed by atoms with E-state index in [-0.39, 0.29) is 23.9 Å². The van der Waals surface area contributed by atoms with Gasteiger partial charge in [-0.25, -0.2) is 4.79 Å². The highest BCUT2D eigenvalue weighted by atomic mass is 16.4. The lowest BCUT2D eigenvalue weighted by Crippen LogP contribution is -2.37. The molecule has 1 aliphatic heterocycles. The molecule has 1 amide bonds. The quantitative estimate of drug-likeness (QED) is 0.827. The minimum absolute atomic E-state index is 0.0585. The van der Waals surface area contributed by atoms with E-state index in [0.717, 1.165) is 30.3 Å². The predicted molar refractivity (Wildman–Crippen MR) is 105 cm³/mol. The van der Waals surface area contributed by atoms with Gasteiger partial charge in [0, 0.05) is 32.6 Å². The van der Waals surface area contributed by atoms with Gasteiger partial charge in [0.2, 0.25) is 5.91 Å². The standard InChI is InChI=1S/C21H27N3O4/c1-2-11-23-16-7-3-4-8-17(16)24(20(23)28)12-9-18(25)22-13-15-6-5-10-21(15,14-22)19(26)27/h3-4,7-8,15H,2,5-6,9-14H2,1H3,(H,26,27)/t15-,21+/m0/s1. The predicted octanol–water partition coefficient (Wildman–Crippen LogP) is 2.32. The number of carbonyl (C=O) groups is 2. The number of imidazole rings is 1. The third-order valence-corrected chi connectivity index (χ3v) is 6.57. The molecular formula is C21H27N3O4. The van der Waals surface area contributed by atoms with Gasteiger partial charge in [0.05, 0.1) is 16.4 Å². The number of carboxylic acid groups (broad SMARTS) is 1. The van der Waals surface area contributed by atoms with Crippen LogP contribution < -0.4 is 5.69 Å². The third kappa shape index (κ3) is 2.84. The summed E-state index contributed by atoms with van der Waals surface area (Å²) in [7, 11) is 0. The Morgan fingerprint density at radius 2 is 1.86 bits per heavy atom. The van der Waals surface area contributed by atoms with Crippen LogP contribution in [0.5, 0.6) is 0 Å². The van der Waals surface area contributed by atoms with Gasteiger partial charge in [-0.05, 0) is 37.3 Å². The molecule has 0 spiro atoms. The van der Waals surface area contributed by atoms with Crippen LogP contribution in [0.2, 0.25) is 0 Å². The molecule has 150 valence electrons. The number of benzene rings is 1. The summed E-state index contributed by atoms with van der Waals surface area (Å²) >= 11 is 0. The largest absolute Gasteiger partial charge is 0.481 e. The third-order valence-electron chi connectivity index (χ3n) is 6.57. The second-order valence-electron chi connectivity index (χ2n) is 8.15. The first-order chi connectivity index (χ1) is 13.5. The first kappa shape index (κ1) is 18.8. The number of hydrogen-bond donors (Lipinski definition) is 1. The van der Waals surface area contributed by atoms with Gasteiger partial charge < -0.3 is 10.0 Å². The SMILES string of the molecule is CCCn1c(=O)n(CCC(=O)N2C[C@@H]3CCC[C@@]3(C(=O)O)C2)c2ccccc21. The maximum atomic E-state index is 12.8. The van der Waals surface area contributed by atoms with Crippen molar-refractivity contribution in [3.8, 4) is 0 Å². The molecule has 0 bridgehead atoms. The Morgan fingerprint density at radius 1 is 1.18 bits per heavy atom. The summed E-state index contributed by atoms with van der Waals surface area (Å²) in [4.78, 5) is 39.2. The second-order valence-corrected chi connectivity index (χ2v) is 8.15. The van der Waals surface area contributed by atoms with Gasteiger partial charge in [0.25, 0.3) is 0 Å². The highest BCUT2D eigenvalue weighted by molar-refractivity contribution is 5.82. The number of carboxylic acids is 1. The monoisotopic (exact) mass is 385 g/mol. The molecule has 4 rings (SSSR count). The summed E-state index contributed by atoms with van der Waals surface area (Å²) in [5.74, 6) is -0.776. The lowest BCUT2D eigenvalue weighted by atomic mass is 9.81. The Labute approximate surface area is 163 Å². The number of aryl methyl sites for hydroxylation is 2. The summed E-state index contributed by atoms with van der Waals surface area (Å²) < 4.78 is 3.44. The van der Waals surface area contributed by atoms with Crippen molar-refractivity contribution < 1.29 is 14.7 Å². The fraction of sp³-hybridized carbons (Fsp3) is 0.571. The number of nitrogens with zero attached hydrogens (tertiary/aromatic N) is 3. The van der Waals surface area contributed by atoms with E-state index < -0.39 is 11.4 Å². The van der Waals surface area contributed by atoms with Gasteiger partial charge in [-0.2, -0.15) is 0 Å². The van der Waals surface area contributed by atoms with E-state index in [1.165, 1.54) is 0 Å². The molecule has 2 heterocycles. The van der Waals surface area contributed by atoms with E-state index >= 15 is 0 Å². The van der Waals surface area contributed by atoms with Crippen molar-refractivity contribution in [2.45, 2.75) is 52.1 Å². The number of aromatic nitrogens is 2. The van der Waals surface area contributed by atoms with Crippen molar-refractivity contribution in [1.82, 2.24) is 14.0 Å². The molecule has 2 aliphatic rings. The molecule has 2 atom stereocenters. The lowest BCUT2D eigenvalue weighted by molar-refractivity contribution is -0.149. The van der Waals surface area contributed by atoms with Crippen molar-refractivity contribution in [2.24, 2.45) is 11.3 Å². The zero-order valence-corrected chi connectivity index (χ0v) is 16.3. The normalized spacial score (nSPS) is 24.0. The molecule has 7 nitrogen and oxygen atoms in total. The molecule has 7 heteroatoms. The average molecular weight is 385 g/mol. The number of para-hydroxylation sites is 2. The Balaban J connectivity index is 1.51. The highest BCUT2D eigenvalue weighted by Crippen LogP contribution is 2.48. The Bertz CT molecular complexity index is 976. The molecule has 1 saturated carbocycles. The fourth-order valence-electron chi connectivity index (χ4n) is 5.12. The lowest BCUT2D eigenvalue weighted by Gasteiger charge is -2.23. The van der Waals surface area contributed by atoms with Crippen LogP contribution in [-0.4, -0.2) is 44.1 Å². The van der Waals surface area contributed by atoms with E-state index in [9.17, 15) is 19.5 Å². The molecule has 1 saturated heterocycles. The van der Waals surface area contributed by atoms with E-state index in [1.807, 2.05) is 31.2 Å². The summed E-state index contributed by atoms with van der Waals surface area (Å²) in [5.41, 5.74) is 0.886. The molecule has 0 radical (unpaired) electrons. The second kappa shape index (κ2) is 7.11. The van der Waals surface area contributed by atoms with E-state index in [0.29, 0.717) is 32.6 Å². The van der Waals surface area contributed by atoms with Crippen molar-refractivity contribution in [2.75, 3.05) is 13.1 Å². The molecule has 0 unspecified atom stereocenters. The van der Waals surface area contributed by atoms with E-state index in [2.05, 4.69) is 0 Å². The highest BCUT2D eigenvalue weighted by Gasteiger charge is 2.55. The Kier molecular flexibility index (Phi) is 4.77. The van der Waals surface area contributed by atoms with Crippen LogP contribution in [0.1, 0.15) is 39.0 Å². The summed E-state index contributed by atoms with van der Waals surface area (Å²) in [6, 6.07) is 7.66. The first-order valence-corrected chi connectivity index (χ1v) is 10.2. The number of aliphatic carboxylic acids is 1. The number of carbonyl (C=O) groups excluding carboxylic acids is 1. The molecule has 1 aromatic heterocycles. The number of rotatable bonds is 6. The number of amides is 1. The van der Waals surface area contributed by atoms with Gasteiger partial charge in [-0.15, -0.1) is 0 Å². The summed E-state index contributed by atoms with van der Waals surface area (Å²) in [5, 5.41) is 9.70. The smallest absolute Gasteiger partial charge is 0.329 e. The zero-order chi connectivity index (χ0) is 19.9.